The van der Waals surface area contributed by atoms with Crippen LogP contribution in [0.15, 0.2) is 42.7 Å². The molecule has 0 fully saturated rings. The molecule has 0 saturated heterocycles. The fraction of sp³-hybridized carbons (Fsp3) is 0.412. The minimum Gasteiger partial charge on any atom is -0.369 e. The summed E-state index contributed by atoms with van der Waals surface area (Å²) in [6.45, 7) is 9.59. The van der Waals surface area contributed by atoms with Gasteiger partial charge in [-0.3, -0.25) is 0 Å². The number of anilines is 1. The normalized spacial score (nSPS) is 11.7. The van der Waals surface area contributed by atoms with Crippen molar-refractivity contribution in [1.29, 1.82) is 0 Å². The SMILES string of the molecule is CC(C)c1cc(NCC(C)(C)c2ccccc2)ncn1. The molecule has 0 atom stereocenters. The van der Waals surface area contributed by atoms with Crippen LogP contribution in [-0.4, -0.2) is 16.5 Å². The molecule has 0 radical (unpaired) electrons. The molecule has 0 aliphatic rings. The van der Waals surface area contributed by atoms with Crippen LogP contribution in [0, 0.1) is 0 Å². The van der Waals surface area contributed by atoms with Crippen LogP contribution in [0.25, 0.3) is 0 Å². The summed E-state index contributed by atoms with van der Waals surface area (Å²) in [5.41, 5.74) is 2.45. The van der Waals surface area contributed by atoms with E-state index in [1.807, 2.05) is 12.1 Å². The second kappa shape index (κ2) is 6.04. The van der Waals surface area contributed by atoms with Crippen LogP contribution in [0.2, 0.25) is 0 Å². The predicted octanol–water partition coefficient (Wildman–Crippen LogP) is 3.99. The lowest BCUT2D eigenvalue weighted by atomic mass is 9.84. The molecular weight excluding hydrogens is 246 g/mol. The molecule has 0 aliphatic heterocycles. The third-order valence-electron chi connectivity index (χ3n) is 3.55. The molecule has 1 heterocycles. The van der Waals surface area contributed by atoms with Gasteiger partial charge in [0.15, 0.2) is 0 Å². The Balaban J connectivity index is 2.06. The van der Waals surface area contributed by atoms with Crippen LogP contribution in [0.5, 0.6) is 0 Å². The number of aromatic nitrogens is 2. The summed E-state index contributed by atoms with van der Waals surface area (Å²) in [6, 6.07) is 12.6. The highest BCUT2D eigenvalue weighted by Crippen LogP contribution is 2.23. The van der Waals surface area contributed by atoms with Crippen LogP contribution >= 0.6 is 0 Å². The standard InChI is InChI=1S/C17H23N3/c1-13(2)15-10-16(20-12-19-15)18-11-17(3,4)14-8-6-5-7-9-14/h5-10,12-13H,11H2,1-4H3,(H,18,19,20). The van der Waals surface area contributed by atoms with Gasteiger partial charge in [0.05, 0.1) is 0 Å². The summed E-state index contributed by atoms with van der Waals surface area (Å²) in [4.78, 5) is 8.59. The first-order valence-electron chi connectivity index (χ1n) is 7.10. The molecule has 0 spiro atoms. The lowest BCUT2D eigenvalue weighted by Gasteiger charge is -2.26. The number of rotatable bonds is 5. The van der Waals surface area contributed by atoms with Crippen molar-refractivity contribution in [3.8, 4) is 0 Å². The average Bonchev–Trinajstić information content (AvgIpc) is 2.46. The van der Waals surface area contributed by atoms with E-state index < -0.39 is 0 Å². The van der Waals surface area contributed by atoms with Gasteiger partial charge in [0.1, 0.15) is 12.1 Å². The molecule has 20 heavy (non-hydrogen) atoms. The molecule has 2 rings (SSSR count). The quantitative estimate of drug-likeness (QED) is 0.892. The maximum atomic E-state index is 4.30. The van der Waals surface area contributed by atoms with E-state index in [9.17, 15) is 0 Å². The average molecular weight is 269 g/mol. The van der Waals surface area contributed by atoms with Gasteiger partial charge in [0.25, 0.3) is 0 Å². The second-order valence-corrected chi connectivity index (χ2v) is 6.09. The van der Waals surface area contributed by atoms with E-state index in [2.05, 4.69) is 67.2 Å². The summed E-state index contributed by atoms with van der Waals surface area (Å²) < 4.78 is 0. The summed E-state index contributed by atoms with van der Waals surface area (Å²) in [5, 5.41) is 3.43. The molecule has 0 aliphatic carbocycles. The molecule has 2 aromatic rings. The fourth-order valence-corrected chi connectivity index (χ4v) is 2.09. The van der Waals surface area contributed by atoms with Crippen molar-refractivity contribution in [2.24, 2.45) is 0 Å². The first-order valence-corrected chi connectivity index (χ1v) is 7.10. The molecule has 0 amide bonds. The van der Waals surface area contributed by atoms with Crippen molar-refractivity contribution in [1.82, 2.24) is 9.97 Å². The lowest BCUT2D eigenvalue weighted by molar-refractivity contribution is 0.556. The summed E-state index contributed by atoms with van der Waals surface area (Å²) in [6.07, 6.45) is 1.63. The van der Waals surface area contributed by atoms with E-state index in [1.165, 1.54) is 5.56 Å². The van der Waals surface area contributed by atoms with Gasteiger partial charge in [-0.1, -0.05) is 58.0 Å². The Kier molecular flexibility index (Phi) is 4.38. The van der Waals surface area contributed by atoms with E-state index in [0.717, 1.165) is 18.1 Å². The first-order chi connectivity index (χ1) is 9.49. The topological polar surface area (TPSA) is 37.8 Å². The highest BCUT2D eigenvalue weighted by atomic mass is 15.0. The molecule has 0 bridgehead atoms. The first kappa shape index (κ1) is 14.5. The third-order valence-corrected chi connectivity index (χ3v) is 3.55. The monoisotopic (exact) mass is 269 g/mol. The lowest BCUT2D eigenvalue weighted by Crippen LogP contribution is -2.27. The van der Waals surface area contributed by atoms with Crippen molar-refractivity contribution in [3.63, 3.8) is 0 Å². The number of hydrogen-bond acceptors (Lipinski definition) is 3. The van der Waals surface area contributed by atoms with E-state index in [0.29, 0.717) is 5.92 Å². The number of nitrogens with one attached hydrogen (secondary N) is 1. The molecule has 3 nitrogen and oxygen atoms in total. The Morgan fingerprint density at radius 2 is 1.80 bits per heavy atom. The Labute approximate surface area is 121 Å². The highest BCUT2D eigenvalue weighted by Gasteiger charge is 2.20. The zero-order chi connectivity index (χ0) is 14.6. The second-order valence-electron chi connectivity index (χ2n) is 6.09. The minimum atomic E-state index is 0.0597. The highest BCUT2D eigenvalue weighted by molar-refractivity contribution is 5.37. The van der Waals surface area contributed by atoms with Crippen molar-refractivity contribution in [2.45, 2.75) is 39.0 Å². The minimum absolute atomic E-state index is 0.0597. The maximum absolute atomic E-state index is 4.30. The Morgan fingerprint density at radius 1 is 1.10 bits per heavy atom. The van der Waals surface area contributed by atoms with Crippen LogP contribution in [0.1, 0.15) is 44.9 Å². The molecule has 0 unspecified atom stereocenters. The zero-order valence-electron chi connectivity index (χ0n) is 12.7. The van der Waals surface area contributed by atoms with Gasteiger partial charge in [0, 0.05) is 23.7 Å². The van der Waals surface area contributed by atoms with Crippen LogP contribution in [-0.2, 0) is 5.41 Å². The molecule has 3 heteroatoms. The Bertz CT molecular complexity index is 547. The maximum Gasteiger partial charge on any atom is 0.129 e. The van der Waals surface area contributed by atoms with Crippen LogP contribution in [0.3, 0.4) is 0 Å². The van der Waals surface area contributed by atoms with E-state index >= 15 is 0 Å². The van der Waals surface area contributed by atoms with Crippen LogP contribution < -0.4 is 5.32 Å². The largest absolute Gasteiger partial charge is 0.369 e. The van der Waals surface area contributed by atoms with Gasteiger partial charge >= 0.3 is 0 Å². The Morgan fingerprint density at radius 3 is 2.45 bits per heavy atom. The van der Waals surface area contributed by atoms with Gasteiger partial charge < -0.3 is 5.32 Å². The molecule has 1 aromatic heterocycles. The zero-order valence-corrected chi connectivity index (χ0v) is 12.7. The van der Waals surface area contributed by atoms with Gasteiger partial charge in [-0.05, 0) is 11.5 Å². The van der Waals surface area contributed by atoms with E-state index in [-0.39, 0.29) is 5.41 Å². The molecule has 1 aromatic carbocycles. The molecule has 106 valence electrons. The van der Waals surface area contributed by atoms with Gasteiger partial charge in [0.2, 0.25) is 0 Å². The number of benzene rings is 1. The molecule has 0 saturated carbocycles. The Hall–Kier alpha value is -1.90. The van der Waals surface area contributed by atoms with E-state index in [4.69, 9.17) is 0 Å². The number of nitrogens with zero attached hydrogens (tertiary/aromatic N) is 2. The summed E-state index contributed by atoms with van der Waals surface area (Å²) in [7, 11) is 0. The van der Waals surface area contributed by atoms with Crippen molar-refractivity contribution in [2.75, 3.05) is 11.9 Å². The third kappa shape index (κ3) is 3.56. The fourth-order valence-electron chi connectivity index (χ4n) is 2.09. The van der Waals surface area contributed by atoms with Crippen LogP contribution in [0.4, 0.5) is 5.82 Å². The van der Waals surface area contributed by atoms with Crippen molar-refractivity contribution >= 4 is 5.82 Å². The smallest absolute Gasteiger partial charge is 0.129 e. The van der Waals surface area contributed by atoms with E-state index in [1.54, 1.807) is 6.33 Å². The predicted molar refractivity (Wildman–Crippen MR) is 84.1 cm³/mol. The van der Waals surface area contributed by atoms with Gasteiger partial charge in [-0.2, -0.15) is 0 Å². The number of hydrogen-bond donors (Lipinski definition) is 1. The van der Waals surface area contributed by atoms with Crippen molar-refractivity contribution in [3.05, 3.63) is 54.0 Å². The summed E-state index contributed by atoms with van der Waals surface area (Å²) in [5.74, 6) is 1.31. The summed E-state index contributed by atoms with van der Waals surface area (Å²) >= 11 is 0. The van der Waals surface area contributed by atoms with Gasteiger partial charge in [-0.25, -0.2) is 9.97 Å². The molecule has 1 N–H and O–H groups in total. The van der Waals surface area contributed by atoms with Gasteiger partial charge in [-0.15, -0.1) is 0 Å². The van der Waals surface area contributed by atoms with Crippen molar-refractivity contribution < 1.29 is 0 Å². The molecular formula is C17H23N3.